The molecule has 3 N–H and O–H groups in total. The maximum atomic E-state index is 11.8. The largest absolute Gasteiger partial charge is 0.369 e. The number of hydrogen-bond acceptors (Lipinski definition) is 3. The highest BCUT2D eigenvalue weighted by Crippen LogP contribution is 2.23. The third kappa shape index (κ3) is 5.87. The molecular weight excluding hydrogens is 386 g/mol. The maximum absolute atomic E-state index is 11.8. The highest BCUT2D eigenvalue weighted by atomic mass is 35.5. The fourth-order valence-corrected chi connectivity index (χ4v) is 3.58. The average Bonchev–Trinajstić information content (AvgIpc) is 3.20. The van der Waals surface area contributed by atoms with Crippen LogP contribution in [-0.2, 0) is 6.54 Å². The van der Waals surface area contributed by atoms with Gasteiger partial charge in [0.1, 0.15) is 0 Å². The Morgan fingerprint density at radius 2 is 2.00 bits per heavy atom. The van der Waals surface area contributed by atoms with Gasteiger partial charge in [-0.15, -0.1) is 0 Å². The van der Waals surface area contributed by atoms with Crippen LogP contribution in [0.2, 0.25) is 5.02 Å². The maximum Gasteiger partial charge on any atom is 0.251 e. The van der Waals surface area contributed by atoms with E-state index in [0.29, 0.717) is 24.7 Å². The Kier molecular flexibility index (Phi) is 7.36. The van der Waals surface area contributed by atoms with Gasteiger partial charge in [0, 0.05) is 55.5 Å². The van der Waals surface area contributed by atoms with Crippen molar-refractivity contribution in [3.8, 4) is 0 Å². The van der Waals surface area contributed by atoms with Crippen molar-refractivity contribution in [2.24, 2.45) is 4.99 Å². The number of nitrogens with one attached hydrogen (secondary N) is 3. The molecule has 1 aliphatic heterocycles. The zero-order chi connectivity index (χ0) is 20.6. The Labute approximate surface area is 177 Å². The average molecular weight is 414 g/mol. The zero-order valence-electron chi connectivity index (χ0n) is 16.9. The van der Waals surface area contributed by atoms with Crippen LogP contribution in [0.5, 0.6) is 0 Å². The first-order valence-electron chi connectivity index (χ1n) is 9.94. The predicted molar refractivity (Wildman–Crippen MR) is 120 cm³/mol. The van der Waals surface area contributed by atoms with Crippen molar-refractivity contribution >= 4 is 29.2 Å². The van der Waals surface area contributed by atoms with Crippen molar-refractivity contribution in [2.75, 3.05) is 31.6 Å². The zero-order valence-corrected chi connectivity index (χ0v) is 17.7. The Hall–Kier alpha value is -2.73. The first kappa shape index (κ1) is 21.0. The monoisotopic (exact) mass is 413 g/mol. The van der Waals surface area contributed by atoms with Gasteiger partial charge in [-0.3, -0.25) is 9.79 Å². The van der Waals surface area contributed by atoms with Crippen LogP contribution in [0.4, 0.5) is 5.69 Å². The van der Waals surface area contributed by atoms with Crippen LogP contribution in [-0.4, -0.2) is 44.6 Å². The molecule has 7 heteroatoms. The van der Waals surface area contributed by atoms with E-state index in [0.717, 1.165) is 41.7 Å². The van der Waals surface area contributed by atoms with E-state index in [4.69, 9.17) is 11.6 Å². The lowest BCUT2D eigenvalue weighted by Gasteiger charge is -2.20. The summed E-state index contributed by atoms with van der Waals surface area (Å²) in [6.45, 7) is 5.06. The number of carbonyl (C=O) groups excluding carboxylic acids is 1. The van der Waals surface area contributed by atoms with Gasteiger partial charge >= 0.3 is 0 Å². The second-order valence-corrected chi connectivity index (χ2v) is 7.47. The summed E-state index contributed by atoms with van der Waals surface area (Å²) < 4.78 is 0. The number of guanidine groups is 1. The topological polar surface area (TPSA) is 68.8 Å². The smallest absolute Gasteiger partial charge is 0.251 e. The number of carbonyl (C=O) groups is 1. The molecule has 2 aromatic rings. The number of benzene rings is 2. The van der Waals surface area contributed by atoms with E-state index in [1.54, 1.807) is 7.05 Å². The third-order valence-corrected chi connectivity index (χ3v) is 5.17. The van der Waals surface area contributed by atoms with Crippen LogP contribution in [0.3, 0.4) is 0 Å². The van der Waals surface area contributed by atoms with E-state index in [1.165, 1.54) is 0 Å². The van der Waals surface area contributed by atoms with Crippen LogP contribution in [0, 0.1) is 0 Å². The number of hydrogen-bond donors (Lipinski definition) is 3. The molecule has 29 heavy (non-hydrogen) atoms. The Bertz CT molecular complexity index is 853. The summed E-state index contributed by atoms with van der Waals surface area (Å²) in [6, 6.07) is 15.9. The predicted octanol–water partition coefficient (Wildman–Crippen LogP) is 3.03. The molecule has 6 nitrogen and oxygen atoms in total. The van der Waals surface area contributed by atoms with Crippen LogP contribution in [0.15, 0.2) is 53.5 Å². The first-order valence-corrected chi connectivity index (χ1v) is 10.3. The van der Waals surface area contributed by atoms with Crippen molar-refractivity contribution in [3.63, 3.8) is 0 Å². The molecule has 0 radical (unpaired) electrons. The summed E-state index contributed by atoms with van der Waals surface area (Å²) in [5.74, 6) is 0.728. The summed E-state index contributed by atoms with van der Waals surface area (Å²) >= 11 is 6.12. The van der Waals surface area contributed by atoms with E-state index in [2.05, 4.69) is 31.9 Å². The van der Waals surface area contributed by atoms with Crippen molar-refractivity contribution < 1.29 is 4.79 Å². The van der Waals surface area contributed by atoms with Crippen LogP contribution in [0.1, 0.15) is 29.3 Å². The molecule has 0 saturated carbocycles. The van der Waals surface area contributed by atoms with Gasteiger partial charge in [0.15, 0.2) is 5.96 Å². The minimum absolute atomic E-state index is 0.0463. The Balaban J connectivity index is 1.49. The second kappa shape index (κ2) is 10.2. The molecule has 0 aliphatic carbocycles. The van der Waals surface area contributed by atoms with Gasteiger partial charge in [0.25, 0.3) is 5.91 Å². The van der Waals surface area contributed by atoms with Gasteiger partial charge in [-0.25, -0.2) is 0 Å². The fourth-order valence-electron chi connectivity index (χ4n) is 3.40. The van der Waals surface area contributed by atoms with Crippen LogP contribution in [0.25, 0.3) is 0 Å². The molecule has 0 aromatic heterocycles. The second-order valence-electron chi connectivity index (χ2n) is 7.04. The van der Waals surface area contributed by atoms with Crippen molar-refractivity contribution in [1.82, 2.24) is 16.0 Å². The molecule has 0 bridgehead atoms. The third-order valence-electron chi connectivity index (χ3n) is 4.94. The van der Waals surface area contributed by atoms with Gasteiger partial charge in [-0.2, -0.15) is 0 Å². The van der Waals surface area contributed by atoms with E-state index < -0.39 is 0 Å². The lowest BCUT2D eigenvalue weighted by atomic mass is 10.1. The van der Waals surface area contributed by atoms with Gasteiger partial charge in [0.2, 0.25) is 0 Å². The number of rotatable bonds is 6. The molecule has 3 rings (SSSR count). The summed E-state index contributed by atoms with van der Waals surface area (Å²) in [7, 11) is 1.78. The van der Waals surface area contributed by atoms with Gasteiger partial charge < -0.3 is 20.9 Å². The summed E-state index contributed by atoms with van der Waals surface area (Å²) in [6.07, 6.45) is 1.04. The molecule has 154 valence electrons. The molecule has 1 heterocycles. The van der Waals surface area contributed by atoms with Gasteiger partial charge in [0.05, 0.1) is 0 Å². The standard InChI is InChI=1S/C22H28ClN5O/c1-3-25-21(29)17-9-7-16(8-10-17)14-26-22(24-2)27-19-11-12-28(15-19)20-6-4-5-18(23)13-20/h4-10,13,19H,3,11-12,14-15H2,1-2H3,(H,25,29)(H2,24,26,27). The quantitative estimate of drug-likeness (QED) is 0.503. The Morgan fingerprint density at radius 3 is 2.69 bits per heavy atom. The van der Waals surface area contributed by atoms with E-state index >= 15 is 0 Å². The first-order chi connectivity index (χ1) is 14.1. The van der Waals surface area contributed by atoms with E-state index in [-0.39, 0.29) is 5.91 Å². The summed E-state index contributed by atoms with van der Waals surface area (Å²) in [5.41, 5.74) is 2.91. The molecule has 1 aliphatic rings. The normalized spacial score (nSPS) is 16.6. The molecule has 1 saturated heterocycles. The molecule has 1 fully saturated rings. The van der Waals surface area contributed by atoms with Crippen molar-refractivity contribution in [3.05, 3.63) is 64.7 Å². The van der Waals surface area contributed by atoms with Crippen molar-refractivity contribution in [1.29, 1.82) is 0 Å². The molecule has 1 unspecified atom stereocenters. The van der Waals surface area contributed by atoms with Gasteiger partial charge in [-0.1, -0.05) is 29.8 Å². The summed E-state index contributed by atoms with van der Waals surface area (Å²) in [4.78, 5) is 18.5. The highest BCUT2D eigenvalue weighted by molar-refractivity contribution is 6.30. The molecule has 1 atom stereocenters. The lowest BCUT2D eigenvalue weighted by molar-refractivity contribution is 0.0956. The molecule has 1 amide bonds. The molecular formula is C22H28ClN5O. The lowest BCUT2D eigenvalue weighted by Crippen LogP contribution is -2.44. The minimum atomic E-state index is -0.0463. The van der Waals surface area contributed by atoms with Crippen LogP contribution < -0.4 is 20.9 Å². The number of anilines is 1. The van der Waals surface area contributed by atoms with E-state index in [1.807, 2.05) is 49.4 Å². The van der Waals surface area contributed by atoms with Crippen LogP contribution >= 0.6 is 11.6 Å². The molecule has 0 spiro atoms. The Morgan fingerprint density at radius 1 is 1.21 bits per heavy atom. The number of aliphatic imine (C=N–C) groups is 1. The SMILES string of the molecule is CCNC(=O)c1ccc(CNC(=NC)NC2CCN(c3cccc(Cl)c3)C2)cc1. The number of halogens is 1. The fraction of sp³-hybridized carbons (Fsp3) is 0.364. The minimum Gasteiger partial charge on any atom is -0.369 e. The summed E-state index contributed by atoms with van der Waals surface area (Å²) in [5, 5.41) is 10.4. The number of nitrogens with zero attached hydrogens (tertiary/aromatic N) is 2. The van der Waals surface area contributed by atoms with E-state index in [9.17, 15) is 4.79 Å². The molecule has 2 aromatic carbocycles. The highest BCUT2D eigenvalue weighted by Gasteiger charge is 2.23. The number of amides is 1. The van der Waals surface area contributed by atoms with Gasteiger partial charge in [-0.05, 0) is 49.2 Å². The van der Waals surface area contributed by atoms with Crippen molar-refractivity contribution in [2.45, 2.75) is 25.9 Å².